The standard InChI is InChI=1S/C10H10F3NO2/c1-6(9(14)15)16-8-4-2-7(3-5-8)10(11,12)13/h2-6H,1H3,(H2,14,15)/t6-/m1/s1. The van der Waals surface area contributed by atoms with E-state index in [4.69, 9.17) is 10.5 Å². The third-order valence-electron chi connectivity index (χ3n) is 1.90. The summed E-state index contributed by atoms with van der Waals surface area (Å²) in [4.78, 5) is 10.6. The van der Waals surface area contributed by atoms with Gasteiger partial charge in [-0.1, -0.05) is 0 Å². The van der Waals surface area contributed by atoms with Crippen molar-refractivity contribution in [2.45, 2.75) is 19.2 Å². The second-order valence-electron chi connectivity index (χ2n) is 3.18. The zero-order chi connectivity index (χ0) is 12.3. The fraction of sp³-hybridized carbons (Fsp3) is 0.300. The van der Waals surface area contributed by atoms with Crippen LogP contribution in [0.25, 0.3) is 0 Å². The highest BCUT2D eigenvalue weighted by Crippen LogP contribution is 2.30. The number of hydrogen-bond acceptors (Lipinski definition) is 2. The van der Waals surface area contributed by atoms with E-state index in [0.717, 1.165) is 24.3 Å². The van der Waals surface area contributed by atoms with Gasteiger partial charge in [-0.3, -0.25) is 4.79 Å². The monoisotopic (exact) mass is 233 g/mol. The Balaban J connectivity index is 2.76. The van der Waals surface area contributed by atoms with E-state index in [-0.39, 0.29) is 5.75 Å². The third kappa shape index (κ3) is 3.15. The van der Waals surface area contributed by atoms with Crippen LogP contribution in [0.2, 0.25) is 0 Å². The Morgan fingerprint density at radius 1 is 1.31 bits per heavy atom. The lowest BCUT2D eigenvalue weighted by atomic mass is 10.2. The number of primary amides is 1. The third-order valence-corrected chi connectivity index (χ3v) is 1.90. The number of carbonyl (C=O) groups excluding carboxylic acids is 1. The molecule has 6 heteroatoms. The number of amides is 1. The minimum Gasteiger partial charge on any atom is -0.481 e. The van der Waals surface area contributed by atoms with E-state index in [1.165, 1.54) is 6.92 Å². The van der Waals surface area contributed by atoms with Crippen LogP contribution in [0, 0.1) is 0 Å². The van der Waals surface area contributed by atoms with Crippen molar-refractivity contribution in [2.75, 3.05) is 0 Å². The van der Waals surface area contributed by atoms with Gasteiger partial charge >= 0.3 is 6.18 Å². The molecule has 0 radical (unpaired) electrons. The van der Waals surface area contributed by atoms with E-state index in [9.17, 15) is 18.0 Å². The molecule has 1 atom stereocenters. The van der Waals surface area contributed by atoms with Crippen LogP contribution in [0.3, 0.4) is 0 Å². The Morgan fingerprint density at radius 3 is 2.19 bits per heavy atom. The van der Waals surface area contributed by atoms with Gasteiger partial charge in [0.05, 0.1) is 5.56 Å². The summed E-state index contributed by atoms with van der Waals surface area (Å²) in [5.74, 6) is -0.515. The minimum atomic E-state index is -4.38. The first-order valence-electron chi connectivity index (χ1n) is 4.44. The SMILES string of the molecule is C[C@@H](Oc1ccc(C(F)(F)F)cc1)C(N)=O. The van der Waals surface area contributed by atoms with Crippen LogP contribution in [0.4, 0.5) is 13.2 Å². The van der Waals surface area contributed by atoms with Crippen LogP contribution < -0.4 is 10.5 Å². The van der Waals surface area contributed by atoms with E-state index < -0.39 is 23.8 Å². The van der Waals surface area contributed by atoms with Gasteiger partial charge in [0.2, 0.25) is 0 Å². The molecular weight excluding hydrogens is 223 g/mol. The lowest BCUT2D eigenvalue weighted by Gasteiger charge is -2.12. The highest BCUT2D eigenvalue weighted by molar-refractivity contribution is 5.78. The fourth-order valence-electron chi connectivity index (χ4n) is 0.985. The normalized spacial score (nSPS) is 13.2. The van der Waals surface area contributed by atoms with Crippen LogP contribution in [-0.4, -0.2) is 12.0 Å². The van der Waals surface area contributed by atoms with Gasteiger partial charge in [0.15, 0.2) is 6.10 Å². The molecule has 0 saturated carbocycles. The molecule has 1 amide bonds. The maximum absolute atomic E-state index is 12.2. The highest BCUT2D eigenvalue weighted by atomic mass is 19.4. The van der Waals surface area contributed by atoms with Crippen molar-refractivity contribution in [1.82, 2.24) is 0 Å². The molecule has 0 spiro atoms. The number of halogens is 3. The van der Waals surface area contributed by atoms with Gasteiger partial charge in [-0.25, -0.2) is 0 Å². The van der Waals surface area contributed by atoms with E-state index in [0.29, 0.717) is 0 Å². The van der Waals surface area contributed by atoms with Crippen molar-refractivity contribution < 1.29 is 22.7 Å². The summed E-state index contributed by atoms with van der Waals surface area (Å²) in [6.07, 6.45) is -5.26. The van der Waals surface area contributed by atoms with E-state index in [1.807, 2.05) is 0 Å². The van der Waals surface area contributed by atoms with Crippen molar-refractivity contribution >= 4 is 5.91 Å². The summed E-state index contributed by atoms with van der Waals surface area (Å²) < 4.78 is 41.6. The molecule has 2 N–H and O–H groups in total. The van der Waals surface area contributed by atoms with Crippen LogP contribution >= 0.6 is 0 Å². The summed E-state index contributed by atoms with van der Waals surface area (Å²) in [7, 11) is 0. The van der Waals surface area contributed by atoms with Crippen LogP contribution in [-0.2, 0) is 11.0 Å². The number of carbonyl (C=O) groups is 1. The summed E-state index contributed by atoms with van der Waals surface area (Å²) >= 11 is 0. The highest BCUT2D eigenvalue weighted by Gasteiger charge is 2.30. The Labute approximate surface area is 90.0 Å². The first-order chi connectivity index (χ1) is 7.30. The zero-order valence-corrected chi connectivity index (χ0v) is 8.41. The Morgan fingerprint density at radius 2 is 1.81 bits per heavy atom. The molecule has 0 bridgehead atoms. The quantitative estimate of drug-likeness (QED) is 0.867. The average Bonchev–Trinajstić information content (AvgIpc) is 2.17. The van der Waals surface area contributed by atoms with Crippen molar-refractivity contribution in [3.63, 3.8) is 0 Å². The van der Waals surface area contributed by atoms with Gasteiger partial charge in [-0.2, -0.15) is 13.2 Å². The van der Waals surface area contributed by atoms with Crippen molar-refractivity contribution in [1.29, 1.82) is 0 Å². The summed E-state index contributed by atoms with van der Waals surface area (Å²) in [6.45, 7) is 1.42. The molecule has 0 aliphatic carbocycles. The van der Waals surface area contributed by atoms with Crippen LogP contribution in [0.5, 0.6) is 5.75 Å². The van der Waals surface area contributed by atoms with Crippen molar-refractivity contribution in [2.24, 2.45) is 5.73 Å². The first kappa shape index (κ1) is 12.4. The minimum absolute atomic E-state index is 0.166. The topological polar surface area (TPSA) is 52.3 Å². The van der Waals surface area contributed by atoms with Gasteiger partial charge in [-0.05, 0) is 31.2 Å². The lowest BCUT2D eigenvalue weighted by Crippen LogP contribution is -2.30. The molecule has 0 unspecified atom stereocenters. The number of rotatable bonds is 3. The number of ether oxygens (including phenoxy) is 1. The molecule has 0 aromatic heterocycles. The Bertz CT molecular complexity index is 373. The number of nitrogens with two attached hydrogens (primary N) is 1. The van der Waals surface area contributed by atoms with E-state index in [1.54, 1.807) is 0 Å². The van der Waals surface area contributed by atoms with Crippen LogP contribution in [0.1, 0.15) is 12.5 Å². The lowest BCUT2D eigenvalue weighted by molar-refractivity contribution is -0.137. The second-order valence-corrected chi connectivity index (χ2v) is 3.18. The molecule has 0 heterocycles. The van der Waals surface area contributed by atoms with Crippen LogP contribution in [0.15, 0.2) is 24.3 Å². The van der Waals surface area contributed by atoms with Crippen molar-refractivity contribution in [3.05, 3.63) is 29.8 Å². The molecule has 88 valence electrons. The summed E-state index contributed by atoms with van der Waals surface area (Å²) in [5.41, 5.74) is 4.17. The molecule has 0 aliphatic heterocycles. The van der Waals surface area contributed by atoms with Gasteiger partial charge in [0.1, 0.15) is 5.75 Å². The summed E-state index contributed by atoms with van der Waals surface area (Å²) in [6, 6.07) is 4.04. The van der Waals surface area contributed by atoms with Gasteiger partial charge in [-0.15, -0.1) is 0 Å². The van der Waals surface area contributed by atoms with Gasteiger partial charge < -0.3 is 10.5 Å². The van der Waals surface area contributed by atoms with Gasteiger partial charge in [0.25, 0.3) is 5.91 Å². The van der Waals surface area contributed by atoms with E-state index >= 15 is 0 Å². The predicted molar refractivity (Wildman–Crippen MR) is 50.7 cm³/mol. The average molecular weight is 233 g/mol. The maximum Gasteiger partial charge on any atom is 0.416 e. The Kier molecular flexibility index (Phi) is 3.41. The molecule has 0 fully saturated rings. The smallest absolute Gasteiger partial charge is 0.416 e. The zero-order valence-electron chi connectivity index (χ0n) is 8.41. The largest absolute Gasteiger partial charge is 0.481 e. The molecule has 0 aliphatic rings. The number of alkyl halides is 3. The molecule has 1 rings (SSSR count). The summed E-state index contributed by atoms with van der Waals surface area (Å²) in [5, 5.41) is 0. The van der Waals surface area contributed by atoms with Crippen molar-refractivity contribution in [3.8, 4) is 5.75 Å². The molecular formula is C10H10F3NO2. The molecule has 3 nitrogen and oxygen atoms in total. The number of hydrogen-bond donors (Lipinski definition) is 1. The van der Waals surface area contributed by atoms with E-state index in [2.05, 4.69) is 0 Å². The molecule has 1 aromatic rings. The molecule has 1 aromatic carbocycles. The second kappa shape index (κ2) is 4.42. The van der Waals surface area contributed by atoms with Gasteiger partial charge in [0, 0.05) is 0 Å². The number of benzene rings is 1. The maximum atomic E-state index is 12.2. The predicted octanol–water partition coefficient (Wildman–Crippen LogP) is 1.96. The fourth-order valence-corrected chi connectivity index (χ4v) is 0.985. The molecule has 0 saturated heterocycles. The molecule has 16 heavy (non-hydrogen) atoms. The Hall–Kier alpha value is -1.72. The first-order valence-corrected chi connectivity index (χ1v) is 4.44.